The molecular weight excluding hydrogens is 465 g/mol. The molecule has 0 bridgehead atoms. The highest BCUT2D eigenvalue weighted by Crippen LogP contribution is 2.34. The number of piperidine rings is 1. The molecule has 0 aliphatic carbocycles. The zero-order chi connectivity index (χ0) is 25.7. The summed E-state index contributed by atoms with van der Waals surface area (Å²) in [7, 11) is 0. The van der Waals surface area contributed by atoms with Gasteiger partial charge in [-0.05, 0) is 81.7 Å². The second-order valence-corrected chi connectivity index (χ2v) is 9.23. The molecule has 1 unspecified atom stereocenters. The summed E-state index contributed by atoms with van der Waals surface area (Å²) in [5, 5.41) is 2.93. The average Bonchev–Trinajstić information content (AvgIpc) is 2.87. The zero-order valence-electron chi connectivity index (χ0n) is 20.7. The normalized spacial score (nSPS) is 16.6. The lowest BCUT2D eigenvalue weighted by Gasteiger charge is -2.34. The van der Waals surface area contributed by atoms with Gasteiger partial charge in [0, 0.05) is 18.7 Å². The minimum Gasteiger partial charge on any atom is -0.485 e. The number of amides is 2. The maximum absolute atomic E-state index is 13.3. The molecule has 0 radical (unpaired) electrons. The van der Waals surface area contributed by atoms with E-state index in [1.165, 1.54) is 42.4 Å². The van der Waals surface area contributed by atoms with Crippen molar-refractivity contribution >= 4 is 23.3 Å². The lowest BCUT2D eigenvalue weighted by Crippen LogP contribution is -2.52. The van der Waals surface area contributed by atoms with Crippen molar-refractivity contribution in [1.82, 2.24) is 10.2 Å². The number of Topliss-reactive ketones (excluding diaryl/α,β-unsaturated/α-hetero) is 1. The van der Waals surface area contributed by atoms with E-state index >= 15 is 0 Å². The first-order valence-electron chi connectivity index (χ1n) is 12.3. The van der Waals surface area contributed by atoms with E-state index in [1.54, 1.807) is 32.0 Å². The number of ketones is 1. The average molecular weight is 498 g/mol. The highest BCUT2D eigenvalue weighted by molar-refractivity contribution is 6.05. The molecular formula is C27H32FN3O5. The summed E-state index contributed by atoms with van der Waals surface area (Å²) in [6.07, 6.45) is 3.61. The molecule has 2 aromatic carbocycles. The van der Waals surface area contributed by atoms with E-state index in [-0.39, 0.29) is 36.6 Å². The van der Waals surface area contributed by atoms with E-state index in [9.17, 15) is 18.8 Å². The van der Waals surface area contributed by atoms with Gasteiger partial charge in [-0.2, -0.15) is 0 Å². The van der Waals surface area contributed by atoms with E-state index in [4.69, 9.17) is 9.47 Å². The Balaban J connectivity index is 1.42. The summed E-state index contributed by atoms with van der Waals surface area (Å²) in [5.74, 6) is -0.482. The third-order valence-corrected chi connectivity index (χ3v) is 6.60. The number of carbonyl (C=O) groups is 3. The zero-order valence-corrected chi connectivity index (χ0v) is 20.7. The van der Waals surface area contributed by atoms with Crippen molar-refractivity contribution in [1.29, 1.82) is 0 Å². The molecule has 1 N–H and O–H groups in total. The van der Waals surface area contributed by atoms with Crippen LogP contribution >= 0.6 is 0 Å². The Morgan fingerprint density at radius 1 is 1.14 bits per heavy atom. The fraction of sp³-hybridized carbons (Fsp3) is 0.444. The molecule has 0 spiro atoms. The molecule has 1 fully saturated rings. The molecule has 2 heterocycles. The maximum Gasteiger partial charge on any atom is 0.265 e. The molecule has 0 aromatic heterocycles. The van der Waals surface area contributed by atoms with E-state index in [2.05, 4.69) is 10.2 Å². The first-order chi connectivity index (χ1) is 17.3. The van der Waals surface area contributed by atoms with Crippen LogP contribution in [-0.4, -0.2) is 67.9 Å². The predicted molar refractivity (Wildman–Crippen MR) is 133 cm³/mol. The molecule has 1 atom stereocenters. The molecule has 2 aromatic rings. The Labute approximate surface area is 210 Å². The number of fused-ring (bicyclic) bond motifs is 1. The lowest BCUT2D eigenvalue weighted by molar-refractivity contribution is -0.127. The molecule has 8 nitrogen and oxygen atoms in total. The molecule has 0 saturated carbocycles. The SMILES string of the molecule is Cc1cc(F)ccc1OCC(=O)c1ccc2c(c1)N(C(C)C(=O)NCCN1CCCCC1)C(=O)CO2. The monoisotopic (exact) mass is 497 g/mol. The fourth-order valence-electron chi connectivity index (χ4n) is 4.56. The maximum atomic E-state index is 13.3. The molecule has 2 amide bonds. The number of rotatable bonds is 9. The Kier molecular flexibility index (Phi) is 8.20. The van der Waals surface area contributed by atoms with Crippen molar-refractivity contribution in [2.24, 2.45) is 0 Å². The largest absolute Gasteiger partial charge is 0.485 e. The second kappa shape index (κ2) is 11.5. The van der Waals surface area contributed by atoms with Crippen LogP contribution in [0.25, 0.3) is 0 Å². The third-order valence-electron chi connectivity index (χ3n) is 6.60. The van der Waals surface area contributed by atoms with Gasteiger partial charge in [0.15, 0.2) is 19.0 Å². The number of carbonyl (C=O) groups excluding carboxylic acids is 3. The number of ether oxygens (including phenoxy) is 2. The van der Waals surface area contributed by atoms with Crippen LogP contribution in [0, 0.1) is 12.7 Å². The fourth-order valence-corrected chi connectivity index (χ4v) is 4.56. The second-order valence-electron chi connectivity index (χ2n) is 9.23. The Bertz CT molecular complexity index is 1130. The van der Waals surface area contributed by atoms with Crippen LogP contribution in [0.1, 0.15) is 42.1 Å². The quantitative estimate of drug-likeness (QED) is 0.536. The van der Waals surface area contributed by atoms with Gasteiger partial charge in [0.05, 0.1) is 5.69 Å². The van der Waals surface area contributed by atoms with Crippen molar-refractivity contribution in [3.63, 3.8) is 0 Å². The van der Waals surface area contributed by atoms with Crippen LogP contribution in [0.15, 0.2) is 36.4 Å². The molecule has 9 heteroatoms. The van der Waals surface area contributed by atoms with Crippen LogP contribution in [0.5, 0.6) is 11.5 Å². The lowest BCUT2D eigenvalue weighted by atomic mass is 10.1. The van der Waals surface area contributed by atoms with Crippen LogP contribution in [0.4, 0.5) is 10.1 Å². The van der Waals surface area contributed by atoms with Gasteiger partial charge in [-0.3, -0.25) is 19.3 Å². The molecule has 36 heavy (non-hydrogen) atoms. The van der Waals surface area contributed by atoms with Gasteiger partial charge in [-0.1, -0.05) is 6.42 Å². The van der Waals surface area contributed by atoms with E-state index in [1.807, 2.05) is 0 Å². The predicted octanol–water partition coefficient (Wildman–Crippen LogP) is 3.11. The van der Waals surface area contributed by atoms with Gasteiger partial charge < -0.3 is 19.7 Å². The van der Waals surface area contributed by atoms with Crippen molar-refractivity contribution in [2.45, 2.75) is 39.2 Å². The standard InChI is InChI=1S/C27H32FN3O5/c1-18-14-21(28)7-9-24(18)35-16-23(32)20-6-8-25-22(15-20)31(26(33)17-36-25)19(2)27(34)29-10-13-30-11-4-3-5-12-30/h6-9,14-15,19H,3-5,10-13,16-17H2,1-2H3,(H,29,34). The van der Waals surface area contributed by atoms with Crippen LogP contribution in [-0.2, 0) is 9.59 Å². The number of benzene rings is 2. The van der Waals surface area contributed by atoms with Crippen molar-refractivity contribution in [3.8, 4) is 11.5 Å². The minimum atomic E-state index is -0.773. The Morgan fingerprint density at radius 2 is 1.92 bits per heavy atom. The summed E-state index contributed by atoms with van der Waals surface area (Å²) in [4.78, 5) is 42.2. The Morgan fingerprint density at radius 3 is 2.67 bits per heavy atom. The molecule has 2 aliphatic heterocycles. The van der Waals surface area contributed by atoms with Gasteiger partial charge in [0.1, 0.15) is 23.4 Å². The number of nitrogens with zero attached hydrogens (tertiary/aromatic N) is 2. The van der Waals surface area contributed by atoms with Crippen molar-refractivity contribution < 1.29 is 28.2 Å². The minimum absolute atomic E-state index is 0.182. The third kappa shape index (κ3) is 6.02. The molecule has 4 rings (SSSR count). The molecule has 1 saturated heterocycles. The summed E-state index contributed by atoms with van der Waals surface area (Å²) in [6.45, 7) is 6.29. The highest BCUT2D eigenvalue weighted by atomic mass is 19.1. The number of halogens is 1. The Hall–Kier alpha value is -3.46. The van der Waals surface area contributed by atoms with Crippen LogP contribution in [0.2, 0.25) is 0 Å². The highest BCUT2D eigenvalue weighted by Gasteiger charge is 2.33. The summed E-state index contributed by atoms with van der Waals surface area (Å²) >= 11 is 0. The number of aryl methyl sites for hydroxylation is 1. The summed E-state index contributed by atoms with van der Waals surface area (Å²) in [6, 6.07) is 8.07. The van der Waals surface area contributed by atoms with Crippen molar-refractivity contribution in [3.05, 3.63) is 53.3 Å². The molecule has 2 aliphatic rings. The number of hydrogen-bond donors (Lipinski definition) is 1. The first-order valence-corrected chi connectivity index (χ1v) is 12.3. The van der Waals surface area contributed by atoms with Crippen LogP contribution < -0.4 is 19.7 Å². The summed E-state index contributed by atoms with van der Waals surface area (Å²) < 4.78 is 24.4. The van der Waals surface area contributed by atoms with E-state index in [0.29, 0.717) is 34.9 Å². The first kappa shape index (κ1) is 25.6. The van der Waals surface area contributed by atoms with Gasteiger partial charge in [-0.25, -0.2) is 4.39 Å². The molecule has 192 valence electrons. The van der Waals surface area contributed by atoms with Gasteiger partial charge in [0.2, 0.25) is 5.91 Å². The van der Waals surface area contributed by atoms with Gasteiger partial charge in [0.25, 0.3) is 5.91 Å². The summed E-state index contributed by atoms with van der Waals surface area (Å²) in [5.41, 5.74) is 1.27. The smallest absolute Gasteiger partial charge is 0.265 e. The van der Waals surface area contributed by atoms with E-state index in [0.717, 1.165) is 19.6 Å². The number of nitrogens with one attached hydrogen (secondary N) is 1. The van der Waals surface area contributed by atoms with E-state index < -0.39 is 6.04 Å². The number of anilines is 1. The topological polar surface area (TPSA) is 88.2 Å². The van der Waals surface area contributed by atoms with Gasteiger partial charge >= 0.3 is 0 Å². The van der Waals surface area contributed by atoms with Crippen molar-refractivity contribution in [2.75, 3.05) is 44.3 Å². The number of hydrogen-bond acceptors (Lipinski definition) is 6. The van der Waals surface area contributed by atoms with Crippen LogP contribution in [0.3, 0.4) is 0 Å². The van der Waals surface area contributed by atoms with Gasteiger partial charge in [-0.15, -0.1) is 0 Å². The number of likely N-dealkylation sites (tertiary alicyclic amines) is 1.